The number of guanidine groups is 1. The molecular formula is C21H20N6OS. The Bertz CT molecular complexity index is 977. The summed E-state index contributed by atoms with van der Waals surface area (Å²) in [5.74, 6) is 1.26. The maximum Gasteiger partial charge on any atom is 0.229 e. The monoisotopic (exact) mass is 404 g/mol. The predicted octanol–water partition coefficient (Wildman–Crippen LogP) is 2.87. The lowest BCUT2D eigenvalue weighted by atomic mass is 10.2. The minimum Gasteiger partial charge on any atom is -0.378 e. The van der Waals surface area contributed by atoms with Gasteiger partial charge in [0.05, 0.1) is 18.9 Å². The number of hydrogen-bond donors (Lipinski definition) is 2. The SMILES string of the molecule is N#CC(C(=S)Nc1ccccc1)=C1NN=C(N2CCOCC2)N1c1ccccc1. The Morgan fingerprint density at radius 3 is 2.38 bits per heavy atom. The van der Waals surface area contributed by atoms with Crippen molar-refractivity contribution in [2.45, 2.75) is 0 Å². The molecule has 4 rings (SSSR count). The van der Waals surface area contributed by atoms with Crippen molar-refractivity contribution in [3.05, 3.63) is 72.1 Å². The van der Waals surface area contributed by atoms with Crippen LogP contribution in [0.2, 0.25) is 0 Å². The lowest BCUT2D eigenvalue weighted by molar-refractivity contribution is 0.0676. The number of nitrogens with one attached hydrogen (secondary N) is 2. The number of anilines is 2. The van der Waals surface area contributed by atoms with Crippen LogP contribution in [0.25, 0.3) is 0 Å². The molecule has 0 aliphatic carbocycles. The number of morpholine rings is 1. The number of benzene rings is 2. The van der Waals surface area contributed by atoms with E-state index >= 15 is 0 Å². The van der Waals surface area contributed by atoms with E-state index < -0.39 is 0 Å². The number of rotatable bonds is 3. The highest BCUT2D eigenvalue weighted by atomic mass is 32.1. The van der Waals surface area contributed by atoms with Crippen molar-refractivity contribution in [2.24, 2.45) is 5.10 Å². The Labute approximate surface area is 174 Å². The summed E-state index contributed by atoms with van der Waals surface area (Å²) < 4.78 is 5.47. The fourth-order valence-electron chi connectivity index (χ4n) is 3.19. The second kappa shape index (κ2) is 8.73. The summed E-state index contributed by atoms with van der Waals surface area (Å²) in [5, 5.41) is 17.6. The van der Waals surface area contributed by atoms with E-state index in [9.17, 15) is 5.26 Å². The maximum absolute atomic E-state index is 9.91. The number of hydrazone groups is 1. The second-order valence-electron chi connectivity index (χ2n) is 6.45. The zero-order chi connectivity index (χ0) is 20.1. The van der Waals surface area contributed by atoms with Crippen molar-refractivity contribution < 1.29 is 4.74 Å². The molecule has 0 radical (unpaired) electrons. The molecule has 2 aliphatic rings. The average Bonchev–Trinajstić information content (AvgIpc) is 3.21. The van der Waals surface area contributed by atoms with Crippen LogP contribution in [-0.4, -0.2) is 42.2 Å². The molecule has 2 aromatic rings. The van der Waals surface area contributed by atoms with Crippen molar-refractivity contribution in [3.63, 3.8) is 0 Å². The van der Waals surface area contributed by atoms with Crippen molar-refractivity contribution in [1.29, 1.82) is 5.26 Å². The van der Waals surface area contributed by atoms with E-state index in [4.69, 9.17) is 17.0 Å². The molecule has 1 saturated heterocycles. The van der Waals surface area contributed by atoms with Gasteiger partial charge in [0.2, 0.25) is 5.96 Å². The van der Waals surface area contributed by atoms with Crippen LogP contribution in [0, 0.1) is 11.3 Å². The average molecular weight is 404 g/mol. The van der Waals surface area contributed by atoms with E-state index in [1.54, 1.807) is 0 Å². The Morgan fingerprint density at radius 2 is 1.72 bits per heavy atom. The first-order valence-corrected chi connectivity index (χ1v) is 9.71. The van der Waals surface area contributed by atoms with Crippen LogP contribution >= 0.6 is 12.2 Å². The van der Waals surface area contributed by atoms with Gasteiger partial charge in [-0.15, -0.1) is 5.10 Å². The van der Waals surface area contributed by atoms with Gasteiger partial charge in [-0.2, -0.15) is 5.26 Å². The van der Waals surface area contributed by atoms with Crippen molar-refractivity contribution >= 4 is 34.5 Å². The van der Waals surface area contributed by atoms with Gasteiger partial charge in [-0.25, -0.2) is 0 Å². The van der Waals surface area contributed by atoms with E-state index in [1.165, 1.54) is 0 Å². The standard InChI is InChI=1S/C21H20N6OS/c22-15-18(20(29)23-16-7-3-1-4-8-16)19-24-25-21(26-11-13-28-14-12-26)27(19)17-9-5-2-6-10-17/h1-10,24H,11-14H2,(H,23,29). The Hall–Kier alpha value is -3.41. The normalized spacial score (nSPS) is 17.8. The first-order chi connectivity index (χ1) is 14.3. The van der Waals surface area contributed by atoms with E-state index in [-0.39, 0.29) is 0 Å². The van der Waals surface area contributed by atoms with Crippen LogP contribution in [0.15, 0.2) is 77.2 Å². The summed E-state index contributed by atoms with van der Waals surface area (Å²) in [7, 11) is 0. The topological polar surface area (TPSA) is 75.9 Å². The molecule has 2 heterocycles. The number of thiocarbonyl (C=S) groups is 1. The quantitative estimate of drug-likeness (QED) is 0.463. The van der Waals surface area contributed by atoms with Crippen molar-refractivity contribution in [3.8, 4) is 6.07 Å². The Kier molecular flexibility index (Phi) is 5.70. The number of para-hydroxylation sites is 2. The molecule has 146 valence electrons. The molecule has 0 bridgehead atoms. The lowest BCUT2D eigenvalue weighted by Gasteiger charge is -2.33. The van der Waals surface area contributed by atoms with E-state index in [1.807, 2.05) is 65.6 Å². The molecule has 2 N–H and O–H groups in total. The van der Waals surface area contributed by atoms with Gasteiger partial charge in [0.15, 0.2) is 5.82 Å². The Balaban J connectivity index is 1.70. The van der Waals surface area contributed by atoms with Gasteiger partial charge in [-0.3, -0.25) is 10.3 Å². The van der Waals surface area contributed by atoms with Gasteiger partial charge in [-0.1, -0.05) is 48.6 Å². The molecular weight excluding hydrogens is 384 g/mol. The molecule has 8 heteroatoms. The van der Waals surface area contributed by atoms with Crippen LogP contribution < -0.4 is 15.6 Å². The molecule has 0 aromatic heterocycles. The van der Waals surface area contributed by atoms with E-state index in [2.05, 4.69) is 26.8 Å². The van der Waals surface area contributed by atoms with Gasteiger partial charge in [0.25, 0.3) is 0 Å². The minimum absolute atomic E-state index is 0.319. The zero-order valence-corrected chi connectivity index (χ0v) is 16.5. The van der Waals surface area contributed by atoms with Gasteiger partial charge in [-0.05, 0) is 24.3 Å². The third-order valence-corrected chi connectivity index (χ3v) is 4.91. The van der Waals surface area contributed by atoms with Gasteiger partial charge >= 0.3 is 0 Å². The summed E-state index contributed by atoms with van der Waals surface area (Å²) >= 11 is 5.55. The summed E-state index contributed by atoms with van der Waals surface area (Å²) in [6.07, 6.45) is 0. The summed E-state index contributed by atoms with van der Waals surface area (Å²) in [6, 6.07) is 21.6. The number of hydrogen-bond acceptors (Lipinski definition) is 7. The van der Waals surface area contributed by atoms with Gasteiger partial charge < -0.3 is 15.0 Å². The fourth-order valence-corrected chi connectivity index (χ4v) is 3.45. The third kappa shape index (κ3) is 4.06. The summed E-state index contributed by atoms with van der Waals surface area (Å²) in [6.45, 7) is 2.73. The molecule has 0 unspecified atom stereocenters. The second-order valence-corrected chi connectivity index (χ2v) is 6.86. The summed E-state index contributed by atoms with van der Waals surface area (Å²) in [4.78, 5) is 4.41. The molecule has 1 fully saturated rings. The number of nitriles is 1. The van der Waals surface area contributed by atoms with E-state index in [0.29, 0.717) is 29.6 Å². The maximum atomic E-state index is 9.91. The van der Waals surface area contributed by atoms with Gasteiger partial charge in [0.1, 0.15) is 16.6 Å². The van der Waals surface area contributed by atoms with Crippen LogP contribution in [0.3, 0.4) is 0 Å². The molecule has 29 heavy (non-hydrogen) atoms. The van der Waals surface area contributed by atoms with Crippen LogP contribution in [0.1, 0.15) is 0 Å². The van der Waals surface area contributed by atoms with Crippen LogP contribution in [-0.2, 0) is 4.74 Å². The highest BCUT2D eigenvalue weighted by Gasteiger charge is 2.32. The number of ether oxygens (including phenoxy) is 1. The van der Waals surface area contributed by atoms with Crippen molar-refractivity contribution in [2.75, 3.05) is 36.5 Å². The zero-order valence-electron chi connectivity index (χ0n) is 15.7. The largest absolute Gasteiger partial charge is 0.378 e. The van der Waals surface area contributed by atoms with Gasteiger partial charge in [0, 0.05) is 18.8 Å². The molecule has 0 atom stereocenters. The highest BCUT2D eigenvalue weighted by molar-refractivity contribution is 7.81. The number of nitrogens with zero attached hydrogens (tertiary/aromatic N) is 4. The molecule has 0 spiro atoms. The summed E-state index contributed by atoms with van der Waals surface area (Å²) in [5.41, 5.74) is 5.07. The van der Waals surface area contributed by atoms with E-state index in [0.717, 1.165) is 30.4 Å². The highest BCUT2D eigenvalue weighted by Crippen LogP contribution is 2.26. The van der Waals surface area contributed by atoms with Crippen LogP contribution in [0.5, 0.6) is 0 Å². The van der Waals surface area contributed by atoms with Crippen molar-refractivity contribution in [1.82, 2.24) is 10.3 Å². The first-order valence-electron chi connectivity index (χ1n) is 9.30. The third-order valence-electron chi connectivity index (χ3n) is 4.60. The predicted molar refractivity (Wildman–Crippen MR) is 117 cm³/mol. The molecule has 2 aliphatic heterocycles. The first kappa shape index (κ1) is 18.9. The Morgan fingerprint density at radius 1 is 1.07 bits per heavy atom. The smallest absolute Gasteiger partial charge is 0.229 e. The molecule has 7 nitrogen and oxygen atoms in total. The molecule has 0 amide bonds. The fraction of sp³-hybridized carbons (Fsp3) is 0.190. The minimum atomic E-state index is 0.319. The molecule has 0 saturated carbocycles. The lowest BCUT2D eigenvalue weighted by Crippen LogP contribution is -2.47. The molecule has 2 aromatic carbocycles. The van der Waals surface area contributed by atoms with Crippen LogP contribution in [0.4, 0.5) is 11.4 Å².